The zero-order chi connectivity index (χ0) is 24.5. The van der Waals surface area contributed by atoms with E-state index in [0.717, 1.165) is 13.1 Å². The Labute approximate surface area is 202 Å². The molecule has 0 aliphatic carbocycles. The molecule has 184 valence electrons. The maximum Gasteiger partial charge on any atom is 0.290 e. The lowest BCUT2D eigenvalue weighted by atomic mass is 9.97. The molecule has 1 fully saturated rings. The Morgan fingerprint density at radius 1 is 0.943 bits per heavy atom. The summed E-state index contributed by atoms with van der Waals surface area (Å²) < 4.78 is 28.0. The van der Waals surface area contributed by atoms with Gasteiger partial charge in [-0.3, -0.25) is 14.5 Å². The van der Waals surface area contributed by atoms with Gasteiger partial charge in [0, 0.05) is 26.2 Å². The van der Waals surface area contributed by atoms with Gasteiger partial charge in [-0.2, -0.15) is 0 Å². The smallest absolute Gasteiger partial charge is 0.290 e. The number of para-hydroxylation sites is 1. The van der Waals surface area contributed by atoms with Crippen molar-refractivity contribution in [1.29, 1.82) is 0 Å². The van der Waals surface area contributed by atoms with Crippen molar-refractivity contribution in [3.63, 3.8) is 0 Å². The number of methoxy groups -OCH3 is 3. The molecule has 0 radical (unpaired) electrons. The first-order valence-corrected chi connectivity index (χ1v) is 11.5. The Hall–Kier alpha value is -3.56. The Bertz CT molecular complexity index is 1290. The van der Waals surface area contributed by atoms with E-state index in [9.17, 15) is 9.59 Å². The zero-order valence-electron chi connectivity index (χ0n) is 20.0. The van der Waals surface area contributed by atoms with Crippen LogP contribution in [0.15, 0.2) is 45.6 Å². The van der Waals surface area contributed by atoms with Crippen LogP contribution in [0.25, 0.3) is 11.0 Å². The van der Waals surface area contributed by atoms with Gasteiger partial charge in [0.1, 0.15) is 5.58 Å². The molecule has 1 aromatic heterocycles. The summed E-state index contributed by atoms with van der Waals surface area (Å²) in [6.07, 6.45) is 0. The normalized spacial score (nSPS) is 18.1. The molecule has 2 aromatic carbocycles. The third-order valence-corrected chi connectivity index (χ3v) is 6.64. The first kappa shape index (κ1) is 23.2. The number of carbonyl (C=O) groups is 1. The Kier molecular flexibility index (Phi) is 6.36. The second-order valence-electron chi connectivity index (χ2n) is 8.48. The lowest BCUT2D eigenvalue weighted by molar-refractivity contribution is 0.0314. The first-order valence-electron chi connectivity index (χ1n) is 11.5. The molecule has 0 unspecified atom stereocenters. The Balaban J connectivity index is 1.65. The second-order valence-corrected chi connectivity index (χ2v) is 8.48. The van der Waals surface area contributed by atoms with Crippen molar-refractivity contribution >= 4 is 16.9 Å². The number of benzene rings is 2. The van der Waals surface area contributed by atoms with E-state index in [1.807, 2.05) is 0 Å². The van der Waals surface area contributed by atoms with Crippen LogP contribution < -0.4 is 19.6 Å². The molecule has 2 aliphatic rings. The van der Waals surface area contributed by atoms with Gasteiger partial charge in [-0.1, -0.05) is 12.1 Å². The average Bonchev–Trinajstić information content (AvgIpc) is 3.18. The Morgan fingerprint density at radius 3 is 2.29 bits per heavy atom. The number of morpholine rings is 1. The van der Waals surface area contributed by atoms with Crippen molar-refractivity contribution in [3.05, 3.63) is 63.5 Å². The van der Waals surface area contributed by atoms with Crippen molar-refractivity contribution in [1.82, 2.24) is 9.80 Å². The summed E-state index contributed by atoms with van der Waals surface area (Å²) >= 11 is 0. The molecule has 3 heterocycles. The van der Waals surface area contributed by atoms with E-state index in [2.05, 4.69) is 4.90 Å². The fourth-order valence-corrected chi connectivity index (χ4v) is 4.88. The monoisotopic (exact) mass is 480 g/mol. The molecule has 1 saturated heterocycles. The highest BCUT2D eigenvalue weighted by molar-refractivity contribution is 5.99. The van der Waals surface area contributed by atoms with E-state index in [0.29, 0.717) is 65.6 Å². The largest absolute Gasteiger partial charge is 0.493 e. The lowest BCUT2D eigenvalue weighted by Gasteiger charge is -2.31. The van der Waals surface area contributed by atoms with Crippen LogP contribution in [0.1, 0.15) is 27.7 Å². The lowest BCUT2D eigenvalue weighted by Crippen LogP contribution is -2.42. The number of fused-ring (bicyclic) bond motifs is 2. The minimum Gasteiger partial charge on any atom is -0.493 e. The van der Waals surface area contributed by atoms with Crippen molar-refractivity contribution in [2.45, 2.75) is 6.04 Å². The molecule has 1 atom stereocenters. The predicted molar refractivity (Wildman–Crippen MR) is 129 cm³/mol. The quantitative estimate of drug-likeness (QED) is 0.510. The van der Waals surface area contributed by atoms with Gasteiger partial charge >= 0.3 is 0 Å². The number of ether oxygens (including phenoxy) is 4. The molecule has 0 saturated carbocycles. The zero-order valence-corrected chi connectivity index (χ0v) is 20.0. The maximum atomic E-state index is 13.7. The number of nitrogens with zero attached hydrogens (tertiary/aromatic N) is 2. The number of amides is 1. The van der Waals surface area contributed by atoms with E-state index in [1.165, 1.54) is 21.3 Å². The topological polar surface area (TPSA) is 90.7 Å². The molecule has 9 heteroatoms. The van der Waals surface area contributed by atoms with Gasteiger partial charge in [-0.05, 0) is 29.8 Å². The number of carbonyl (C=O) groups excluding carboxylic acids is 1. The molecule has 0 bridgehead atoms. The minimum atomic E-state index is -0.659. The summed E-state index contributed by atoms with van der Waals surface area (Å²) in [4.78, 5) is 31.3. The minimum absolute atomic E-state index is 0.0782. The van der Waals surface area contributed by atoms with Crippen LogP contribution in [-0.2, 0) is 4.74 Å². The number of hydrogen-bond donors (Lipinski definition) is 0. The fraction of sp³-hybridized carbons (Fsp3) is 0.385. The van der Waals surface area contributed by atoms with Crippen molar-refractivity contribution < 1.29 is 28.2 Å². The third kappa shape index (κ3) is 4.00. The summed E-state index contributed by atoms with van der Waals surface area (Å²) in [5.41, 5.74) is 1.17. The molecule has 35 heavy (non-hydrogen) atoms. The van der Waals surface area contributed by atoms with Crippen LogP contribution in [-0.4, -0.2) is 76.4 Å². The van der Waals surface area contributed by atoms with E-state index in [1.54, 1.807) is 41.3 Å². The van der Waals surface area contributed by atoms with Gasteiger partial charge in [-0.15, -0.1) is 0 Å². The molecule has 1 amide bonds. The summed E-state index contributed by atoms with van der Waals surface area (Å²) in [6, 6.07) is 9.89. The van der Waals surface area contributed by atoms with E-state index < -0.39 is 6.04 Å². The SMILES string of the molecule is COc1cc([C@@H]2c3c(oc4ccccc4c3=O)C(=O)N2CCN2CCOCC2)cc(OC)c1OC. The number of rotatable bonds is 7. The first-order chi connectivity index (χ1) is 17.1. The van der Waals surface area contributed by atoms with E-state index >= 15 is 0 Å². The van der Waals surface area contributed by atoms with Crippen molar-refractivity contribution in [3.8, 4) is 17.2 Å². The average molecular weight is 481 g/mol. The van der Waals surface area contributed by atoms with Gasteiger partial charge in [0.2, 0.25) is 11.5 Å². The van der Waals surface area contributed by atoms with Crippen LogP contribution in [0, 0.1) is 0 Å². The summed E-state index contributed by atoms with van der Waals surface area (Å²) in [6.45, 7) is 3.99. The van der Waals surface area contributed by atoms with Gasteiger partial charge in [-0.25, -0.2) is 0 Å². The van der Waals surface area contributed by atoms with Gasteiger partial charge in [0.25, 0.3) is 5.91 Å². The summed E-state index contributed by atoms with van der Waals surface area (Å²) in [7, 11) is 4.60. The molecule has 2 aliphatic heterocycles. The second kappa shape index (κ2) is 9.59. The number of hydrogen-bond acceptors (Lipinski definition) is 8. The summed E-state index contributed by atoms with van der Waals surface area (Å²) in [5, 5.41) is 0.437. The molecular weight excluding hydrogens is 452 g/mol. The standard InChI is InChI=1S/C26H28N2O7/c1-31-19-14-16(15-20(32-2)24(19)33-3)22-21-23(29)17-6-4-5-7-18(17)35-25(21)26(30)28(22)9-8-27-10-12-34-13-11-27/h4-7,14-15,22H,8-13H2,1-3H3/t22-/m1/s1. The van der Waals surface area contributed by atoms with Crippen LogP contribution in [0.5, 0.6) is 17.2 Å². The summed E-state index contributed by atoms with van der Waals surface area (Å²) in [5.74, 6) is 1.10. The van der Waals surface area contributed by atoms with E-state index in [-0.39, 0.29) is 17.1 Å². The van der Waals surface area contributed by atoms with Crippen LogP contribution >= 0.6 is 0 Å². The highest BCUT2D eigenvalue weighted by Gasteiger charge is 2.43. The van der Waals surface area contributed by atoms with Gasteiger partial charge in [0.05, 0.1) is 51.5 Å². The van der Waals surface area contributed by atoms with Crippen LogP contribution in [0.3, 0.4) is 0 Å². The highest BCUT2D eigenvalue weighted by atomic mass is 16.5. The fourth-order valence-electron chi connectivity index (χ4n) is 4.88. The molecular formula is C26H28N2O7. The van der Waals surface area contributed by atoms with Crippen molar-refractivity contribution in [2.75, 3.05) is 60.7 Å². The molecule has 9 nitrogen and oxygen atoms in total. The molecule has 3 aromatic rings. The van der Waals surface area contributed by atoms with Crippen molar-refractivity contribution in [2.24, 2.45) is 0 Å². The maximum absolute atomic E-state index is 13.7. The highest BCUT2D eigenvalue weighted by Crippen LogP contribution is 2.44. The van der Waals surface area contributed by atoms with Gasteiger partial charge < -0.3 is 28.3 Å². The molecule has 5 rings (SSSR count). The molecule has 0 N–H and O–H groups in total. The predicted octanol–water partition coefficient (Wildman–Crippen LogP) is 2.70. The van der Waals surface area contributed by atoms with Crippen LogP contribution in [0.4, 0.5) is 0 Å². The molecule has 0 spiro atoms. The Morgan fingerprint density at radius 2 is 1.63 bits per heavy atom. The van der Waals surface area contributed by atoms with E-state index in [4.69, 9.17) is 23.4 Å². The van der Waals surface area contributed by atoms with Gasteiger partial charge in [0.15, 0.2) is 16.9 Å². The van der Waals surface area contributed by atoms with Crippen LogP contribution in [0.2, 0.25) is 0 Å². The third-order valence-electron chi connectivity index (χ3n) is 6.64.